The minimum atomic E-state index is 0.391. The lowest BCUT2D eigenvalue weighted by atomic mass is 10.1. The first-order valence-electron chi connectivity index (χ1n) is 7.39. The molecule has 1 atom stereocenters. The predicted molar refractivity (Wildman–Crippen MR) is 82.4 cm³/mol. The molecule has 0 radical (unpaired) electrons. The van der Waals surface area contributed by atoms with Crippen LogP contribution in [0.4, 0.5) is 0 Å². The van der Waals surface area contributed by atoms with Crippen molar-refractivity contribution in [3.05, 3.63) is 46.6 Å². The van der Waals surface area contributed by atoms with E-state index in [0.29, 0.717) is 24.4 Å². The number of likely N-dealkylation sites (N-methyl/N-ethyl adjacent to an activating group) is 1. The summed E-state index contributed by atoms with van der Waals surface area (Å²) < 4.78 is 5.71. The second-order valence-corrected chi connectivity index (χ2v) is 6.34. The molecule has 3 rings (SSSR count). The van der Waals surface area contributed by atoms with Crippen molar-refractivity contribution in [2.24, 2.45) is 0 Å². The number of halogens is 1. The highest BCUT2D eigenvalue weighted by Crippen LogP contribution is 2.39. The van der Waals surface area contributed by atoms with Gasteiger partial charge in [-0.05, 0) is 50.9 Å². The van der Waals surface area contributed by atoms with Gasteiger partial charge in [-0.15, -0.1) is 10.2 Å². The van der Waals surface area contributed by atoms with E-state index in [2.05, 4.69) is 41.2 Å². The molecule has 1 heterocycles. The number of hydrogen-bond donors (Lipinski definition) is 0. The van der Waals surface area contributed by atoms with Gasteiger partial charge in [-0.2, -0.15) is 0 Å². The van der Waals surface area contributed by atoms with E-state index in [1.54, 1.807) is 0 Å². The molecule has 2 aromatic rings. The second kappa shape index (κ2) is 6.16. The van der Waals surface area contributed by atoms with E-state index in [4.69, 9.17) is 16.0 Å². The first-order valence-corrected chi connectivity index (χ1v) is 7.76. The van der Waals surface area contributed by atoms with E-state index in [-0.39, 0.29) is 0 Å². The van der Waals surface area contributed by atoms with E-state index in [1.165, 1.54) is 18.4 Å². The zero-order chi connectivity index (χ0) is 14.8. The van der Waals surface area contributed by atoms with Crippen molar-refractivity contribution in [2.45, 2.75) is 44.7 Å². The van der Waals surface area contributed by atoms with Crippen molar-refractivity contribution in [3.8, 4) is 0 Å². The fourth-order valence-electron chi connectivity index (χ4n) is 2.31. The Bertz CT molecular complexity index is 592. The molecule has 1 saturated carbocycles. The highest BCUT2D eigenvalue weighted by Gasteiger charge is 2.29. The van der Waals surface area contributed by atoms with Crippen molar-refractivity contribution < 1.29 is 4.42 Å². The topological polar surface area (TPSA) is 42.2 Å². The summed E-state index contributed by atoms with van der Waals surface area (Å²) in [5.74, 6) is 2.04. The van der Waals surface area contributed by atoms with Crippen molar-refractivity contribution >= 4 is 11.6 Å². The van der Waals surface area contributed by atoms with E-state index < -0.39 is 0 Å². The van der Waals surface area contributed by atoms with Crippen molar-refractivity contribution in [1.82, 2.24) is 15.1 Å². The first kappa shape index (κ1) is 14.5. The number of benzene rings is 1. The zero-order valence-electron chi connectivity index (χ0n) is 12.4. The number of rotatable bonds is 6. The molecule has 0 saturated heterocycles. The van der Waals surface area contributed by atoms with Crippen LogP contribution < -0.4 is 0 Å². The summed E-state index contributed by atoms with van der Waals surface area (Å²) in [5.41, 5.74) is 1.28. The molecular weight excluding hydrogens is 286 g/mol. The van der Waals surface area contributed by atoms with Crippen LogP contribution in [-0.4, -0.2) is 28.2 Å². The lowest BCUT2D eigenvalue weighted by Gasteiger charge is -2.23. The van der Waals surface area contributed by atoms with Gasteiger partial charge in [0.05, 0.1) is 6.54 Å². The maximum atomic E-state index is 5.91. The standard InChI is InChI=1S/C16H20ClN3O/c1-11(9-12-3-7-14(17)8-4-12)20(2)10-15-18-19-16(21-15)13-5-6-13/h3-4,7-8,11,13H,5-6,9-10H2,1-2H3. The van der Waals surface area contributed by atoms with Gasteiger partial charge in [0.25, 0.3) is 0 Å². The average molecular weight is 306 g/mol. The van der Waals surface area contributed by atoms with Gasteiger partial charge in [-0.3, -0.25) is 4.90 Å². The van der Waals surface area contributed by atoms with Gasteiger partial charge in [0.15, 0.2) is 0 Å². The van der Waals surface area contributed by atoms with Crippen molar-refractivity contribution in [1.29, 1.82) is 0 Å². The lowest BCUT2D eigenvalue weighted by Crippen LogP contribution is -2.30. The Labute approximate surface area is 130 Å². The summed E-state index contributed by atoms with van der Waals surface area (Å²) in [6.45, 7) is 2.89. The molecule has 1 aliphatic carbocycles. The summed E-state index contributed by atoms with van der Waals surface area (Å²) in [7, 11) is 2.08. The predicted octanol–water partition coefficient (Wildman–Crippen LogP) is 3.66. The Balaban J connectivity index is 1.55. The third-order valence-electron chi connectivity index (χ3n) is 3.99. The summed E-state index contributed by atoms with van der Waals surface area (Å²) in [6, 6.07) is 8.41. The van der Waals surface area contributed by atoms with Crippen LogP contribution in [0.25, 0.3) is 0 Å². The molecule has 1 aromatic heterocycles. The third-order valence-corrected chi connectivity index (χ3v) is 4.24. The fourth-order valence-corrected chi connectivity index (χ4v) is 2.44. The summed E-state index contributed by atoms with van der Waals surface area (Å²) in [6.07, 6.45) is 3.34. The van der Waals surface area contributed by atoms with Crippen LogP contribution in [0.5, 0.6) is 0 Å². The van der Waals surface area contributed by atoms with Gasteiger partial charge in [0.2, 0.25) is 11.8 Å². The Morgan fingerprint density at radius 2 is 2.00 bits per heavy atom. The summed E-state index contributed by atoms with van der Waals surface area (Å²) in [4.78, 5) is 2.23. The van der Waals surface area contributed by atoms with Crippen LogP contribution in [-0.2, 0) is 13.0 Å². The highest BCUT2D eigenvalue weighted by atomic mass is 35.5. The van der Waals surface area contributed by atoms with Gasteiger partial charge in [-0.1, -0.05) is 23.7 Å². The number of hydrogen-bond acceptors (Lipinski definition) is 4. The van der Waals surface area contributed by atoms with Crippen LogP contribution >= 0.6 is 11.6 Å². The monoisotopic (exact) mass is 305 g/mol. The molecule has 0 amide bonds. The molecule has 1 fully saturated rings. The summed E-state index contributed by atoms with van der Waals surface area (Å²) in [5, 5.41) is 9.05. The maximum Gasteiger partial charge on any atom is 0.230 e. The molecule has 4 nitrogen and oxygen atoms in total. The van der Waals surface area contributed by atoms with Crippen LogP contribution in [0, 0.1) is 0 Å². The smallest absolute Gasteiger partial charge is 0.230 e. The first-order chi connectivity index (χ1) is 10.1. The Morgan fingerprint density at radius 3 is 2.67 bits per heavy atom. The Kier molecular flexibility index (Phi) is 4.27. The number of nitrogens with zero attached hydrogens (tertiary/aromatic N) is 3. The third kappa shape index (κ3) is 3.83. The van der Waals surface area contributed by atoms with Crippen LogP contribution in [0.2, 0.25) is 5.02 Å². The van der Waals surface area contributed by atoms with Gasteiger partial charge in [0, 0.05) is 17.0 Å². The van der Waals surface area contributed by atoms with Crippen molar-refractivity contribution in [3.63, 3.8) is 0 Å². The fraction of sp³-hybridized carbons (Fsp3) is 0.500. The molecule has 0 N–H and O–H groups in total. The lowest BCUT2D eigenvalue weighted by molar-refractivity contribution is 0.222. The quantitative estimate of drug-likeness (QED) is 0.816. The largest absolute Gasteiger partial charge is 0.424 e. The minimum absolute atomic E-state index is 0.391. The Morgan fingerprint density at radius 1 is 1.29 bits per heavy atom. The van der Waals surface area contributed by atoms with Gasteiger partial charge in [-0.25, -0.2) is 0 Å². The van der Waals surface area contributed by atoms with E-state index in [1.807, 2.05) is 12.1 Å². The zero-order valence-corrected chi connectivity index (χ0v) is 13.2. The SMILES string of the molecule is CC(Cc1ccc(Cl)cc1)N(C)Cc1nnc(C2CC2)o1. The molecule has 1 unspecified atom stereocenters. The molecule has 112 valence electrons. The Hall–Kier alpha value is -1.39. The van der Waals surface area contributed by atoms with Crippen LogP contribution in [0.3, 0.4) is 0 Å². The normalized spacial score (nSPS) is 16.4. The summed E-state index contributed by atoms with van der Waals surface area (Å²) >= 11 is 5.91. The maximum absolute atomic E-state index is 5.91. The number of aromatic nitrogens is 2. The highest BCUT2D eigenvalue weighted by molar-refractivity contribution is 6.30. The molecule has 5 heteroatoms. The molecule has 0 aliphatic heterocycles. The molecule has 1 aromatic carbocycles. The van der Waals surface area contributed by atoms with E-state index in [0.717, 1.165) is 17.3 Å². The second-order valence-electron chi connectivity index (χ2n) is 5.90. The average Bonchev–Trinajstić information content (AvgIpc) is 3.22. The van der Waals surface area contributed by atoms with Crippen LogP contribution in [0.15, 0.2) is 28.7 Å². The molecule has 1 aliphatic rings. The molecule has 21 heavy (non-hydrogen) atoms. The van der Waals surface area contributed by atoms with Crippen molar-refractivity contribution in [2.75, 3.05) is 7.05 Å². The van der Waals surface area contributed by atoms with Gasteiger partial charge < -0.3 is 4.42 Å². The van der Waals surface area contributed by atoms with Gasteiger partial charge >= 0.3 is 0 Å². The van der Waals surface area contributed by atoms with E-state index in [9.17, 15) is 0 Å². The van der Waals surface area contributed by atoms with Gasteiger partial charge in [0.1, 0.15) is 0 Å². The molecular formula is C16H20ClN3O. The minimum Gasteiger partial charge on any atom is -0.424 e. The van der Waals surface area contributed by atoms with Crippen LogP contribution in [0.1, 0.15) is 43.0 Å². The molecule has 0 bridgehead atoms. The molecule has 0 spiro atoms. The van der Waals surface area contributed by atoms with E-state index >= 15 is 0 Å².